The van der Waals surface area contributed by atoms with Gasteiger partial charge in [0.2, 0.25) is 0 Å². The van der Waals surface area contributed by atoms with Gasteiger partial charge in [-0.15, -0.1) is 11.3 Å². The molecule has 0 atom stereocenters. The second-order valence-electron chi connectivity index (χ2n) is 6.06. The monoisotopic (exact) mass is 306 g/mol. The van der Waals surface area contributed by atoms with Crippen molar-refractivity contribution in [2.75, 3.05) is 0 Å². The van der Waals surface area contributed by atoms with Gasteiger partial charge in [-0.25, -0.2) is 9.37 Å². The van der Waals surface area contributed by atoms with E-state index in [4.69, 9.17) is 15.5 Å². The van der Waals surface area contributed by atoms with Crippen molar-refractivity contribution in [1.29, 1.82) is 0 Å². The molecule has 0 radical (unpaired) electrons. The fourth-order valence-electron chi connectivity index (χ4n) is 2.21. The molecule has 112 valence electrons. The van der Waals surface area contributed by atoms with Crippen molar-refractivity contribution >= 4 is 11.3 Å². The van der Waals surface area contributed by atoms with E-state index in [0.29, 0.717) is 18.3 Å². The van der Waals surface area contributed by atoms with Gasteiger partial charge in [-0.3, -0.25) is 0 Å². The second kappa shape index (κ2) is 5.39. The highest BCUT2D eigenvalue weighted by Crippen LogP contribution is 2.45. The molecule has 1 aromatic heterocycles. The lowest BCUT2D eigenvalue weighted by atomic mass is 10.0. The number of hydrogen-bond acceptors (Lipinski definition) is 4. The molecular formula is C16H19FN2OS. The van der Waals surface area contributed by atoms with E-state index in [9.17, 15) is 4.39 Å². The lowest BCUT2D eigenvalue weighted by Crippen LogP contribution is -2.28. The number of halogens is 1. The summed E-state index contributed by atoms with van der Waals surface area (Å²) in [6.45, 7) is 4.42. The summed E-state index contributed by atoms with van der Waals surface area (Å²) in [6, 6.07) is 6.03. The standard InChI is InChI=1S/C16H19FN2OS/c1-16(2,18)15-14(10-3-4-10)19-13(21-15)9-20-12-7-5-11(17)6-8-12/h5-8,10H,3-4,9,18H2,1-2H3. The van der Waals surface area contributed by atoms with Crippen LogP contribution in [0.1, 0.15) is 48.2 Å². The largest absolute Gasteiger partial charge is 0.486 e. The number of benzene rings is 1. The summed E-state index contributed by atoms with van der Waals surface area (Å²) < 4.78 is 18.5. The highest BCUT2D eigenvalue weighted by atomic mass is 32.1. The highest BCUT2D eigenvalue weighted by Gasteiger charge is 2.33. The molecule has 0 spiro atoms. The third-order valence-electron chi connectivity index (χ3n) is 3.42. The van der Waals surface area contributed by atoms with Crippen LogP contribution in [0.2, 0.25) is 0 Å². The maximum Gasteiger partial charge on any atom is 0.140 e. The van der Waals surface area contributed by atoms with Crippen molar-refractivity contribution in [2.24, 2.45) is 5.73 Å². The molecular weight excluding hydrogens is 287 g/mol. The van der Waals surface area contributed by atoms with E-state index >= 15 is 0 Å². The SMILES string of the molecule is CC(C)(N)c1sc(COc2ccc(F)cc2)nc1C1CC1. The Morgan fingerprint density at radius 2 is 2.00 bits per heavy atom. The number of thiazole rings is 1. The van der Waals surface area contributed by atoms with Crippen molar-refractivity contribution < 1.29 is 9.13 Å². The van der Waals surface area contributed by atoms with E-state index in [1.165, 1.54) is 25.0 Å². The van der Waals surface area contributed by atoms with Gasteiger partial charge in [0.1, 0.15) is 23.2 Å². The third kappa shape index (κ3) is 3.41. The molecule has 1 aliphatic rings. The molecule has 0 bridgehead atoms. The fourth-order valence-corrected chi connectivity index (χ4v) is 3.29. The average Bonchev–Trinajstić information content (AvgIpc) is 3.17. The summed E-state index contributed by atoms with van der Waals surface area (Å²) in [5.41, 5.74) is 7.02. The Bertz CT molecular complexity index is 627. The third-order valence-corrected chi connectivity index (χ3v) is 4.81. The van der Waals surface area contributed by atoms with E-state index in [0.717, 1.165) is 15.6 Å². The zero-order valence-electron chi connectivity index (χ0n) is 12.2. The maximum atomic E-state index is 12.9. The van der Waals surface area contributed by atoms with Crippen LogP contribution in [0.3, 0.4) is 0 Å². The summed E-state index contributed by atoms with van der Waals surface area (Å²) >= 11 is 1.62. The first-order chi connectivity index (χ1) is 9.93. The predicted molar refractivity (Wildman–Crippen MR) is 82.0 cm³/mol. The van der Waals surface area contributed by atoms with Gasteiger partial charge in [-0.2, -0.15) is 0 Å². The summed E-state index contributed by atoms with van der Waals surface area (Å²) in [4.78, 5) is 5.87. The molecule has 1 fully saturated rings. The van der Waals surface area contributed by atoms with Gasteiger partial charge >= 0.3 is 0 Å². The van der Waals surface area contributed by atoms with Crippen LogP contribution in [0.5, 0.6) is 5.75 Å². The minimum absolute atomic E-state index is 0.264. The lowest BCUT2D eigenvalue weighted by Gasteiger charge is -2.17. The van der Waals surface area contributed by atoms with E-state index in [2.05, 4.69) is 0 Å². The van der Waals surface area contributed by atoms with E-state index in [-0.39, 0.29) is 11.4 Å². The summed E-state index contributed by atoms with van der Waals surface area (Å²) in [6.07, 6.45) is 2.40. The fraction of sp³-hybridized carbons (Fsp3) is 0.438. The van der Waals surface area contributed by atoms with Crippen molar-refractivity contribution in [3.8, 4) is 5.75 Å². The molecule has 2 aromatic rings. The molecule has 1 saturated carbocycles. The quantitative estimate of drug-likeness (QED) is 0.910. The first kappa shape index (κ1) is 14.5. The molecule has 1 aliphatic carbocycles. The number of aromatic nitrogens is 1. The van der Waals surface area contributed by atoms with Crippen LogP contribution in [-0.4, -0.2) is 4.98 Å². The van der Waals surface area contributed by atoms with Gasteiger partial charge in [0.25, 0.3) is 0 Å². The molecule has 0 unspecified atom stereocenters. The van der Waals surface area contributed by atoms with Crippen LogP contribution >= 0.6 is 11.3 Å². The minimum Gasteiger partial charge on any atom is -0.486 e. The van der Waals surface area contributed by atoms with Crippen molar-refractivity contribution in [3.63, 3.8) is 0 Å². The number of nitrogens with zero attached hydrogens (tertiary/aromatic N) is 1. The van der Waals surface area contributed by atoms with E-state index in [1.807, 2.05) is 13.8 Å². The van der Waals surface area contributed by atoms with E-state index < -0.39 is 0 Å². The Kier molecular flexibility index (Phi) is 3.71. The van der Waals surface area contributed by atoms with Crippen LogP contribution in [0.15, 0.2) is 24.3 Å². The first-order valence-electron chi connectivity index (χ1n) is 7.11. The molecule has 1 heterocycles. The Hall–Kier alpha value is -1.46. The predicted octanol–water partition coefficient (Wildman–Crippen LogP) is 3.93. The molecule has 0 aliphatic heterocycles. The lowest BCUT2D eigenvalue weighted by molar-refractivity contribution is 0.305. The zero-order chi connectivity index (χ0) is 15.0. The van der Waals surface area contributed by atoms with Gasteiger partial charge in [0, 0.05) is 16.3 Å². The molecule has 3 rings (SSSR count). The molecule has 3 nitrogen and oxygen atoms in total. The number of hydrogen-bond donors (Lipinski definition) is 1. The van der Waals surface area contributed by atoms with Gasteiger partial charge in [-0.1, -0.05) is 0 Å². The van der Waals surface area contributed by atoms with Crippen molar-refractivity contribution in [3.05, 3.63) is 45.7 Å². The smallest absolute Gasteiger partial charge is 0.140 e. The maximum absolute atomic E-state index is 12.9. The highest BCUT2D eigenvalue weighted by molar-refractivity contribution is 7.11. The molecule has 2 N–H and O–H groups in total. The van der Waals surface area contributed by atoms with Crippen LogP contribution in [0.4, 0.5) is 4.39 Å². The minimum atomic E-state index is -0.371. The van der Waals surface area contributed by atoms with Crippen LogP contribution in [0.25, 0.3) is 0 Å². The number of ether oxygens (including phenoxy) is 1. The first-order valence-corrected chi connectivity index (χ1v) is 7.92. The zero-order valence-corrected chi connectivity index (χ0v) is 13.0. The van der Waals surface area contributed by atoms with Crippen LogP contribution in [-0.2, 0) is 12.1 Å². The van der Waals surface area contributed by atoms with Gasteiger partial charge in [-0.05, 0) is 51.0 Å². The topological polar surface area (TPSA) is 48.1 Å². The second-order valence-corrected chi connectivity index (χ2v) is 7.14. The Balaban J connectivity index is 1.75. The van der Waals surface area contributed by atoms with Crippen LogP contribution < -0.4 is 10.5 Å². The number of nitrogens with two attached hydrogens (primary N) is 1. The Labute approximate surface area is 128 Å². The Morgan fingerprint density at radius 1 is 1.33 bits per heavy atom. The van der Waals surface area contributed by atoms with Crippen molar-refractivity contribution in [2.45, 2.75) is 44.8 Å². The molecule has 5 heteroatoms. The van der Waals surface area contributed by atoms with Crippen molar-refractivity contribution in [1.82, 2.24) is 4.98 Å². The average molecular weight is 306 g/mol. The molecule has 0 amide bonds. The van der Waals surface area contributed by atoms with Gasteiger partial charge in [0.05, 0.1) is 5.69 Å². The van der Waals surface area contributed by atoms with Crippen LogP contribution in [0, 0.1) is 5.82 Å². The summed E-state index contributed by atoms with van der Waals surface area (Å²) in [5.74, 6) is 0.951. The van der Waals surface area contributed by atoms with Gasteiger partial charge in [0.15, 0.2) is 0 Å². The normalized spacial score (nSPS) is 15.2. The molecule has 1 aromatic carbocycles. The summed E-state index contributed by atoms with van der Waals surface area (Å²) in [5, 5.41) is 0.926. The Morgan fingerprint density at radius 3 is 2.57 bits per heavy atom. The van der Waals surface area contributed by atoms with Gasteiger partial charge < -0.3 is 10.5 Å². The molecule has 0 saturated heterocycles. The number of rotatable bonds is 5. The van der Waals surface area contributed by atoms with E-state index in [1.54, 1.807) is 23.5 Å². The molecule has 21 heavy (non-hydrogen) atoms. The summed E-state index contributed by atoms with van der Waals surface area (Å²) in [7, 11) is 0.